The number of methoxy groups -OCH3 is 1. The van der Waals surface area contributed by atoms with Crippen LogP contribution < -0.4 is 9.64 Å². The SMILES string of the molecule is COc1cc(-c2cc(C3CC3)ccc2N2CCC(OCc3ccc4ccccc4n3)CC2)ccn1. The van der Waals surface area contributed by atoms with Crippen LogP contribution in [0.1, 0.15) is 42.9 Å². The molecule has 6 rings (SSSR count). The van der Waals surface area contributed by atoms with E-state index in [1.54, 1.807) is 7.11 Å². The number of hydrogen-bond donors (Lipinski definition) is 0. The van der Waals surface area contributed by atoms with Crippen LogP contribution in [0.15, 0.2) is 72.9 Å². The molecule has 1 saturated carbocycles. The molecular formula is C30H31N3O2. The Kier molecular flexibility index (Phi) is 6.09. The number of para-hydroxylation sites is 1. The van der Waals surface area contributed by atoms with Crippen molar-refractivity contribution in [1.82, 2.24) is 9.97 Å². The van der Waals surface area contributed by atoms with Crippen molar-refractivity contribution in [2.45, 2.75) is 44.3 Å². The van der Waals surface area contributed by atoms with Gasteiger partial charge < -0.3 is 14.4 Å². The van der Waals surface area contributed by atoms with Crippen LogP contribution in [0.2, 0.25) is 0 Å². The largest absolute Gasteiger partial charge is 0.481 e. The summed E-state index contributed by atoms with van der Waals surface area (Å²) in [5.41, 5.74) is 7.19. The second-order valence-corrected chi connectivity index (χ2v) is 9.63. The molecule has 2 fully saturated rings. The van der Waals surface area contributed by atoms with Crippen LogP contribution in [0.4, 0.5) is 5.69 Å². The fourth-order valence-corrected chi connectivity index (χ4v) is 5.08. The smallest absolute Gasteiger partial charge is 0.213 e. The van der Waals surface area contributed by atoms with Gasteiger partial charge in [-0.15, -0.1) is 0 Å². The average Bonchev–Trinajstić information content (AvgIpc) is 3.78. The Morgan fingerprint density at radius 2 is 1.77 bits per heavy atom. The number of ether oxygens (including phenoxy) is 2. The molecule has 0 amide bonds. The third kappa shape index (κ3) is 4.87. The Balaban J connectivity index is 1.15. The molecule has 0 unspecified atom stereocenters. The van der Waals surface area contributed by atoms with Gasteiger partial charge in [0.2, 0.25) is 5.88 Å². The minimum atomic E-state index is 0.259. The first kappa shape index (κ1) is 22.1. The number of piperidine rings is 1. The zero-order chi connectivity index (χ0) is 23.6. The molecule has 2 aromatic carbocycles. The highest BCUT2D eigenvalue weighted by Crippen LogP contribution is 2.44. The lowest BCUT2D eigenvalue weighted by Gasteiger charge is -2.35. The van der Waals surface area contributed by atoms with Gasteiger partial charge in [0, 0.05) is 42.0 Å². The minimum Gasteiger partial charge on any atom is -0.481 e. The van der Waals surface area contributed by atoms with Gasteiger partial charge in [0.25, 0.3) is 0 Å². The van der Waals surface area contributed by atoms with Crippen molar-refractivity contribution in [3.05, 3.63) is 84.2 Å². The molecule has 0 spiro atoms. The number of hydrogen-bond acceptors (Lipinski definition) is 5. The summed E-state index contributed by atoms with van der Waals surface area (Å²) in [5.74, 6) is 1.37. The molecule has 1 aliphatic carbocycles. The average molecular weight is 466 g/mol. The van der Waals surface area contributed by atoms with E-state index in [0.717, 1.165) is 48.6 Å². The molecule has 35 heavy (non-hydrogen) atoms. The van der Waals surface area contributed by atoms with Crippen LogP contribution in [0.5, 0.6) is 5.88 Å². The molecule has 1 aliphatic heterocycles. The quantitative estimate of drug-likeness (QED) is 0.317. The highest BCUT2D eigenvalue weighted by Gasteiger charge is 2.27. The fraction of sp³-hybridized carbons (Fsp3) is 0.333. The van der Waals surface area contributed by atoms with E-state index in [0.29, 0.717) is 12.5 Å². The maximum absolute atomic E-state index is 6.29. The van der Waals surface area contributed by atoms with E-state index in [4.69, 9.17) is 14.5 Å². The topological polar surface area (TPSA) is 47.5 Å². The molecule has 3 heterocycles. The van der Waals surface area contributed by atoms with Gasteiger partial charge in [-0.1, -0.05) is 30.3 Å². The maximum Gasteiger partial charge on any atom is 0.213 e. The lowest BCUT2D eigenvalue weighted by atomic mass is 9.97. The number of rotatable bonds is 7. The summed E-state index contributed by atoms with van der Waals surface area (Å²) >= 11 is 0. The lowest BCUT2D eigenvalue weighted by molar-refractivity contribution is 0.0236. The second-order valence-electron chi connectivity index (χ2n) is 9.63. The Morgan fingerprint density at radius 1 is 0.914 bits per heavy atom. The van der Waals surface area contributed by atoms with E-state index in [-0.39, 0.29) is 6.10 Å². The summed E-state index contributed by atoms with van der Waals surface area (Å²) in [4.78, 5) is 11.6. The first-order valence-corrected chi connectivity index (χ1v) is 12.6. The van der Waals surface area contributed by atoms with Crippen molar-refractivity contribution in [3.8, 4) is 17.0 Å². The first-order chi connectivity index (χ1) is 17.3. The van der Waals surface area contributed by atoms with Gasteiger partial charge in [-0.05, 0) is 73.1 Å². The summed E-state index contributed by atoms with van der Waals surface area (Å²) in [6, 6.07) is 23.6. The zero-order valence-corrected chi connectivity index (χ0v) is 20.2. The van der Waals surface area contributed by atoms with E-state index in [2.05, 4.69) is 58.4 Å². The van der Waals surface area contributed by atoms with Gasteiger partial charge in [-0.3, -0.25) is 4.98 Å². The third-order valence-corrected chi connectivity index (χ3v) is 7.23. The highest BCUT2D eigenvalue weighted by atomic mass is 16.5. The van der Waals surface area contributed by atoms with E-state index >= 15 is 0 Å². The number of nitrogens with zero attached hydrogens (tertiary/aromatic N) is 3. The van der Waals surface area contributed by atoms with Crippen LogP contribution in [0, 0.1) is 0 Å². The van der Waals surface area contributed by atoms with Crippen molar-refractivity contribution in [1.29, 1.82) is 0 Å². The lowest BCUT2D eigenvalue weighted by Crippen LogP contribution is -2.37. The first-order valence-electron chi connectivity index (χ1n) is 12.6. The molecule has 0 N–H and O–H groups in total. The van der Waals surface area contributed by atoms with Crippen LogP contribution in [-0.4, -0.2) is 36.3 Å². The summed E-state index contributed by atoms with van der Waals surface area (Å²) < 4.78 is 11.7. The number of benzene rings is 2. The molecule has 5 nitrogen and oxygen atoms in total. The van der Waals surface area contributed by atoms with E-state index in [1.165, 1.54) is 35.0 Å². The van der Waals surface area contributed by atoms with Crippen molar-refractivity contribution in [2.24, 2.45) is 0 Å². The number of pyridine rings is 2. The molecule has 0 radical (unpaired) electrons. The second kappa shape index (κ2) is 9.67. The van der Waals surface area contributed by atoms with E-state index < -0.39 is 0 Å². The van der Waals surface area contributed by atoms with Crippen molar-refractivity contribution in [3.63, 3.8) is 0 Å². The van der Waals surface area contributed by atoms with Crippen molar-refractivity contribution < 1.29 is 9.47 Å². The molecule has 2 aromatic heterocycles. The molecule has 1 saturated heterocycles. The molecule has 178 valence electrons. The third-order valence-electron chi connectivity index (χ3n) is 7.23. The van der Waals surface area contributed by atoms with Gasteiger partial charge in [0.1, 0.15) is 0 Å². The highest BCUT2D eigenvalue weighted by molar-refractivity contribution is 5.80. The monoisotopic (exact) mass is 465 g/mol. The van der Waals surface area contributed by atoms with Crippen molar-refractivity contribution >= 4 is 16.6 Å². The number of aromatic nitrogens is 2. The van der Waals surface area contributed by atoms with Gasteiger partial charge in [0.15, 0.2) is 0 Å². The molecular weight excluding hydrogens is 434 g/mol. The van der Waals surface area contributed by atoms with E-state index in [1.807, 2.05) is 24.4 Å². The maximum atomic E-state index is 6.29. The Hall–Kier alpha value is -3.44. The predicted octanol–water partition coefficient (Wildman–Crippen LogP) is 6.37. The summed E-state index contributed by atoms with van der Waals surface area (Å²) in [5, 5.41) is 1.17. The van der Waals surface area contributed by atoms with Gasteiger partial charge in [-0.25, -0.2) is 4.98 Å². The van der Waals surface area contributed by atoms with Crippen LogP contribution in [-0.2, 0) is 11.3 Å². The molecule has 0 bridgehead atoms. The molecule has 0 atom stereocenters. The van der Waals surface area contributed by atoms with Crippen LogP contribution in [0.25, 0.3) is 22.0 Å². The summed E-state index contributed by atoms with van der Waals surface area (Å²) in [7, 11) is 1.67. The van der Waals surface area contributed by atoms with Crippen LogP contribution in [0.3, 0.4) is 0 Å². The normalized spacial score (nSPS) is 16.5. The Labute approximate surface area is 206 Å². The van der Waals surface area contributed by atoms with Gasteiger partial charge in [0.05, 0.1) is 31.0 Å². The zero-order valence-electron chi connectivity index (χ0n) is 20.2. The predicted molar refractivity (Wildman–Crippen MR) is 140 cm³/mol. The Morgan fingerprint density at radius 3 is 2.60 bits per heavy atom. The van der Waals surface area contributed by atoms with Gasteiger partial charge >= 0.3 is 0 Å². The fourth-order valence-electron chi connectivity index (χ4n) is 5.08. The Bertz CT molecular complexity index is 1330. The minimum absolute atomic E-state index is 0.259. The van der Waals surface area contributed by atoms with E-state index in [9.17, 15) is 0 Å². The van der Waals surface area contributed by atoms with Crippen LogP contribution >= 0.6 is 0 Å². The number of anilines is 1. The standard InChI is InChI=1S/C30H31N3O2/c1-34-30-19-24(12-15-31-30)27-18-23(21-6-7-21)9-11-29(27)33-16-13-26(14-17-33)35-20-25-10-8-22-4-2-3-5-28(22)32-25/h2-5,8-12,15,18-19,21,26H,6-7,13-14,16-17,20H2,1H3. The van der Waals surface area contributed by atoms with Crippen molar-refractivity contribution in [2.75, 3.05) is 25.1 Å². The summed E-state index contributed by atoms with van der Waals surface area (Å²) in [6.45, 7) is 2.52. The molecule has 2 aliphatic rings. The summed E-state index contributed by atoms with van der Waals surface area (Å²) in [6.07, 6.45) is 6.71. The molecule has 5 heteroatoms. The van der Waals surface area contributed by atoms with Gasteiger partial charge in [-0.2, -0.15) is 0 Å². The number of fused-ring (bicyclic) bond motifs is 1. The molecule has 4 aromatic rings.